The van der Waals surface area contributed by atoms with Gasteiger partial charge in [-0.2, -0.15) is 0 Å². The molecule has 0 radical (unpaired) electrons. The van der Waals surface area contributed by atoms with Crippen LogP contribution >= 0.6 is 0 Å². The molecule has 1 fully saturated rings. The zero-order valence-electron chi connectivity index (χ0n) is 15.3. The first-order valence-electron chi connectivity index (χ1n) is 8.77. The molecular weight excluding hydrogens is 288 g/mol. The third-order valence-electron chi connectivity index (χ3n) is 4.57. The van der Waals surface area contributed by atoms with Crippen LogP contribution in [0.3, 0.4) is 0 Å². The first-order valence-corrected chi connectivity index (χ1v) is 8.77. The molecule has 2 unspecified atom stereocenters. The fraction of sp³-hybridized carbons (Fsp3) is 0.700. The van der Waals surface area contributed by atoms with Gasteiger partial charge in [0.25, 0.3) is 0 Å². The minimum Gasteiger partial charge on any atom is -0.392 e. The molecule has 132 valence electrons. The van der Waals surface area contributed by atoms with Crippen LogP contribution < -0.4 is 0 Å². The van der Waals surface area contributed by atoms with Crippen molar-refractivity contribution in [3.05, 3.63) is 34.9 Å². The smallest absolute Gasteiger partial charge is 0.0923 e. The van der Waals surface area contributed by atoms with E-state index < -0.39 is 0 Å². The molecular formula is C20H34O3. The molecule has 0 bridgehead atoms. The molecule has 2 N–H and O–H groups in total. The summed E-state index contributed by atoms with van der Waals surface area (Å²) in [6, 6.07) is 0. The topological polar surface area (TPSA) is 53.0 Å². The van der Waals surface area contributed by atoms with Gasteiger partial charge in [-0.3, -0.25) is 0 Å². The molecule has 0 aliphatic carbocycles. The highest BCUT2D eigenvalue weighted by Crippen LogP contribution is 2.43. The Labute approximate surface area is 141 Å². The molecule has 3 nitrogen and oxygen atoms in total. The SMILES string of the molecule is CC(C)=CCCC(C)=CCCC1(C)OC1CCC(=CCO)CO. The Morgan fingerprint density at radius 1 is 1.04 bits per heavy atom. The number of epoxide rings is 1. The molecule has 0 amide bonds. The predicted octanol–water partition coefficient (Wildman–Crippen LogP) is 4.31. The summed E-state index contributed by atoms with van der Waals surface area (Å²) in [7, 11) is 0. The summed E-state index contributed by atoms with van der Waals surface area (Å²) in [5.41, 5.74) is 3.74. The molecule has 0 saturated carbocycles. The molecule has 1 rings (SSSR count). The Balaban J connectivity index is 2.25. The van der Waals surface area contributed by atoms with Crippen molar-refractivity contribution in [2.45, 2.75) is 77.9 Å². The lowest BCUT2D eigenvalue weighted by molar-refractivity contribution is 0.292. The van der Waals surface area contributed by atoms with Crippen molar-refractivity contribution in [1.29, 1.82) is 0 Å². The zero-order chi connectivity index (χ0) is 17.3. The first-order chi connectivity index (χ1) is 10.9. The number of hydrogen-bond donors (Lipinski definition) is 2. The Hall–Kier alpha value is -0.900. The number of hydrogen-bond acceptors (Lipinski definition) is 3. The zero-order valence-corrected chi connectivity index (χ0v) is 15.3. The molecule has 1 saturated heterocycles. The van der Waals surface area contributed by atoms with E-state index in [1.165, 1.54) is 11.1 Å². The summed E-state index contributed by atoms with van der Waals surface area (Å²) in [5.74, 6) is 0. The number of aliphatic hydroxyl groups excluding tert-OH is 2. The molecule has 3 heteroatoms. The molecule has 0 spiro atoms. The average Bonchev–Trinajstić information content (AvgIpc) is 3.13. The van der Waals surface area contributed by atoms with Crippen LogP contribution in [0.2, 0.25) is 0 Å². The minimum absolute atomic E-state index is 0.00350. The van der Waals surface area contributed by atoms with E-state index in [4.69, 9.17) is 9.84 Å². The highest BCUT2D eigenvalue weighted by molar-refractivity contribution is 5.08. The van der Waals surface area contributed by atoms with Crippen LogP contribution in [0.4, 0.5) is 0 Å². The van der Waals surface area contributed by atoms with Crippen molar-refractivity contribution in [3.63, 3.8) is 0 Å². The van der Waals surface area contributed by atoms with E-state index in [1.807, 2.05) is 0 Å². The Morgan fingerprint density at radius 2 is 1.78 bits per heavy atom. The van der Waals surface area contributed by atoms with Crippen molar-refractivity contribution in [1.82, 2.24) is 0 Å². The van der Waals surface area contributed by atoms with Crippen LogP contribution in [0.15, 0.2) is 34.9 Å². The van der Waals surface area contributed by atoms with E-state index >= 15 is 0 Å². The summed E-state index contributed by atoms with van der Waals surface area (Å²) in [5, 5.41) is 18.1. The number of aliphatic hydroxyl groups is 2. The number of rotatable bonds is 11. The highest BCUT2D eigenvalue weighted by Gasteiger charge is 2.50. The minimum atomic E-state index is -0.00446. The van der Waals surface area contributed by atoms with Gasteiger partial charge >= 0.3 is 0 Å². The quantitative estimate of drug-likeness (QED) is 0.440. The third-order valence-corrected chi connectivity index (χ3v) is 4.57. The molecule has 0 aromatic rings. The molecule has 1 aliphatic heterocycles. The van der Waals surface area contributed by atoms with Crippen molar-refractivity contribution < 1.29 is 14.9 Å². The highest BCUT2D eigenvalue weighted by atomic mass is 16.6. The van der Waals surface area contributed by atoms with Crippen LogP contribution in [0, 0.1) is 0 Å². The van der Waals surface area contributed by atoms with Crippen LogP contribution in [-0.4, -0.2) is 35.1 Å². The fourth-order valence-electron chi connectivity index (χ4n) is 2.86. The van der Waals surface area contributed by atoms with Crippen LogP contribution in [0.1, 0.15) is 66.2 Å². The maximum absolute atomic E-state index is 9.20. The summed E-state index contributed by atoms with van der Waals surface area (Å²) in [4.78, 5) is 0. The Morgan fingerprint density at radius 3 is 2.39 bits per heavy atom. The van der Waals surface area contributed by atoms with Gasteiger partial charge in [0, 0.05) is 0 Å². The molecule has 1 aliphatic rings. The molecule has 0 aromatic heterocycles. The van der Waals surface area contributed by atoms with Gasteiger partial charge < -0.3 is 14.9 Å². The number of allylic oxidation sites excluding steroid dienone is 4. The normalized spacial score (nSPS) is 24.7. The predicted molar refractivity (Wildman–Crippen MR) is 96.4 cm³/mol. The van der Waals surface area contributed by atoms with Gasteiger partial charge in [0.15, 0.2) is 0 Å². The van der Waals surface area contributed by atoms with E-state index in [9.17, 15) is 5.11 Å². The molecule has 23 heavy (non-hydrogen) atoms. The maximum Gasteiger partial charge on any atom is 0.0923 e. The lowest BCUT2D eigenvalue weighted by Gasteiger charge is -2.06. The molecule has 0 aromatic carbocycles. The summed E-state index contributed by atoms with van der Waals surface area (Å²) >= 11 is 0. The van der Waals surface area contributed by atoms with E-state index in [-0.39, 0.29) is 24.9 Å². The number of ether oxygens (including phenoxy) is 1. The van der Waals surface area contributed by atoms with Gasteiger partial charge in [-0.05, 0) is 71.8 Å². The van der Waals surface area contributed by atoms with E-state index in [0.29, 0.717) is 0 Å². The maximum atomic E-state index is 9.20. The van der Waals surface area contributed by atoms with Crippen LogP contribution in [-0.2, 0) is 4.74 Å². The lowest BCUT2D eigenvalue weighted by atomic mass is 9.96. The van der Waals surface area contributed by atoms with Crippen LogP contribution in [0.25, 0.3) is 0 Å². The third kappa shape index (κ3) is 7.96. The monoisotopic (exact) mass is 322 g/mol. The van der Waals surface area contributed by atoms with Gasteiger partial charge in [-0.25, -0.2) is 0 Å². The molecule has 2 atom stereocenters. The summed E-state index contributed by atoms with van der Waals surface area (Å²) < 4.78 is 5.86. The Bertz CT molecular complexity index is 444. The largest absolute Gasteiger partial charge is 0.392 e. The Kier molecular flexibility index (Phi) is 8.82. The lowest BCUT2D eigenvalue weighted by Crippen LogP contribution is -2.10. The van der Waals surface area contributed by atoms with E-state index in [0.717, 1.165) is 44.1 Å². The van der Waals surface area contributed by atoms with Crippen molar-refractivity contribution in [2.75, 3.05) is 13.2 Å². The summed E-state index contributed by atoms with van der Waals surface area (Å²) in [6.07, 6.45) is 12.7. The van der Waals surface area contributed by atoms with Gasteiger partial charge in [0.05, 0.1) is 24.9 Å². The second-order valence-electron chi connectivity index (χ2n) is 7.07. The summed E-state index contributed by atoms with van der Waals surface area (Å²) in [6.45, 7) is 8.69. The van der Waals surface area contributed by atoms with Crippen molar-refractivity contribution >= 4 is 0 Å². The standard InChI is InChI=1S/C20H34O3/c1-16(2)7-5-8-17(3)9-6-13-20(4)19(23-20)11-10-18(15-22)12-14-21/h7,9,12,19,21-22H,5-6,8,10-11,13-15H2,1-4H3. The van der Waals surface area contributed by atoms with E-state index in [2.05, 4.69) is 39.8 Å². The van der Waals surface area contributed by atoms with Gasteiger partial charge in [-0.15, -0.1) is 0 Å². The fourth-order valence-corrected chi connectivity index (χ4v) is 2.86. The van der Waals surface area contributed by atoms with E-state index in [1.54, 1.807) is 6.08 Å². The van der Waals surface area contributed by atoms with Gasteiger partial charge in [0.1, 0.15) is 0 Å². The first kappa shape index (κ1) is 20.1. The van der Waals surface area contributed by atoms with Crippen molar-refractivity contribution in [3.8, 4) is 0 Å². The van der Waals surface area contributed by atoms with Crippen molar-refractivity contribution in [2.24, 2.45) is 0 Å². The average molecular weight is 322 g/mol. The van der Waals surface area contributed by atoms with Gasteiger partial charge in [-0.1, -0.05) is 29.4 Å². The second kappa shape index (κ2) is 10.1. The van der Waals surface area contributed by atoms with Crippen LogP contribution in [0.5, 0.6) is 0 Å². The second-order valence-corrected chi connectivity index (χ2v) is 7.07. The van der Waals surface area contributed by atoms with Gasteiger partial charge in [0.2, 0.25) is 0 Å². The molecule has 1 heterocycles.